The summed E-state index contributed by atoms with van der Waals surface area (Å²) < 4.78 is 13.4. The fourth-order valence-electron chi connectivity index (χ4n) is 1.76. The molecule has 2 unspecified atom stereocenters. The first-order chi connectivity index (χ1) is 7.79. The Labute approximate surface area is 118 Å². The summed E-state index contributed by atoms with van der Waals surface area (Å²) in [5.41, 5.74) is 1.23. The zero-order chi connectivity index (χ0) is 11.4. The van der Waals surface area contributed by atoms with Gasteiger partial charge in [-0.25, -0.2) is 0 Å². The summed E-state index contributed by atoms with van der Waals surface area (Å²) in [4.78, 5) is 0. The van der Waals surface area contributed by atoms with E-state index in [0.29, 0.717) is 0 Å². The molecule has 0 aliphatic carbocycles. The molecule has 0 saturated carbocycles. The SMILES string of the molecule is Brc1cccc(C(CI)OC2CCOC2)c1. The van der Waals surface area contributed by atoms with Crippen LogP contribution in [0.3, 0.4) is 0 Å². The van der Waals surface area contributed by atoms with Crippen molar-refractivity contribution in [2.75, 3.05) is 17.6 Å². The van der Waals surface area contributed by atoms with E-state index in [-0.39, 0.29) is 12.2 Å². The normalized spacial score (nSPS) is 22.2. The van der Waals surface area contributed by atoms with Crippen LogP contribution in [0.5, 0.6) is 0 Å². The van der Waals surface area contributed by atoms with E-state index in [1.807, 2.05) is 12.1 Å². The second-order valence-corrected chi connectivity index (χ2v) is 5.62. The largest absolute Gasteiger partial charge is 0.379 e. The van der Waals surface area contributed by atoms with Crippen LogP contribution in [0.25, 0.3) is 0 Å². The van der Waals surface area contributed by atoms with Crippen molar-refractivity contribution in [3.05, 3.63) is 34.3 Å². The Bertz CT molecular complexity index is 340. The van der Waals surface area contributed by atoms with Crippen molar-refractivity contribution in [2.45, 2.75) is 18.6 Å². The molecule has 4 heteroatoms. The van der Waals surface area contributed by atoms with Crippen LogP contribution in [0.15, 0.2) is 28.7 Å². The van der Waals surface area contributed by atoms with Crippen molar-refractivity contribution in [2.24, 2.45) is 0 Å². The lowest BCUT2D eigenvalue weighted by Gasteiger charge is -2.20. The van der Waals surface area contributed by atoms with Gasteiger partial charge in [0.2, 0.25) is 0 Å². The lowest BCUT2D eigenvalue weighted by molar-refractivity contribution is -0.00385. The van der Waals surface area contributed by atoms with Crippen molar-refractivity contribution in [1.82, 2.24) is 0 Å². The molecular weight excluding hydrogens is 383 g/mol. The van der Waals surface area contributed by atoms with Crippen molar-refractivity contribution in [1.29, 1.82) is 0 Å². The minimum atomic E-state index is 0.171. The van der Waals surface area contributed by atoms with Crippen LogP contribution in [-0.2, 0) is 9.47 Å². The van der Waals surface area contributed by atoms with E-state index in [4.69, 9.17) is 9.47 Å². The predicted octanol–water partition coefficient (Wildman–Crippen LogP) is 3.73. The first kappa shape index (κ1) is 12.8. The molecule has 1 saturated heterocycles. The third-order valence-corrected chi connectivity index (χ3v) is 3.90. The van der Waals surface area contributed by atoms with Crippen LogP contribution in [0.1, 0.15) is 18.1 Å². The number of hydrogen-bond acceptors (Lipinski definition) is 2. The van der Waals surface area contributed by atoms with Crippen molar-refractivity contribution in [3.8, 4) is 0 Å². The molecule has 1 aliphatic rings. The molecule has 0 aromatic heterocycles. The number of alkyl halides is 1. The van der Waals surface area contributed by atoms with Crippen LogP contribution < -0.4 is 0 Å². The van der Waals surface area contributed by atoms with Gasteiger partial charge in [-0.15, -0.1) is 0 Å². The molecule has 0 radical (unpaired) electrons. The molecule has 0 N–H and O–H groups in total. The number of rotatable bonds is 4. The summed E-state index contributed by atoms with van der Waals surface area (Å²) in [5.74, 6) is 0. The fourth-order valence-corrected chi connectivity index (χ4v) is 2.90. The summed E-state index contributed by atoms with van der Waals surface area (Å²) in [6, 6.07) is 8.32. The molecule has 2 atom stereocenters. The maximum Gasteiger partial charge on any atom is 0.0919 e. The highest BCUT2D eigenvalue weighted by molar-refractivity contribution is 14.1. The topological polar surface area (TPSA) is 18.5 Å². The molecule has 0 amide bonds. The van der Waals surface area contributed by atoms with Gasteiger partial charge in [-0.05, 0) is 24.1 Å². The highest BCUT2D eigenvalue weighted by Crippen LogP contribution is 2.26. The van der Waals surface area contributed by atoms with Gasteiger partial charge in [-0.3, -0.25) is 0 Å². The fraction of sp³-hybridized carbons (Fsp3) is 0.500. The minimum absolute atomic E-state index is 0.171. The molecule has 16 heavy (non-hydrogen) atoms. The highest BCUT2D eigenvalue weighted by Gasteiger charge is 2.21. The number of halogens is 2. The molecule has 2 nitrogen and oxygen atoms in total. The number of hydrogen-bond donors (Lipinski definition) is 0. The van der Waals surface area contributed by atoms with Gasteiger partial charge in [0.1, 0.15) is 0 Å². The molecule has 1 heterocycles. The quantitative estimate of drug-likeness (QED) is 0.570. The summed E-state index contributed by atoms with van der Waals surface area (Å²) >= 11 is 5.86. The molecule has 0 bridgehead atoms. The van der Waals surface area contributed by atoms with Crippen LogP contribution in [-0.4, -0.2) is 23.7 Å². The average Bonchev–Trinajstić information content (AvgIpc) is 2.78. The number of benzene rings is 1. The van der Waals surface area contributed by atoms with Crippen molar-refractivity contribution in [3.63, 3.8) is 0 Å². The van der Waals surface area contributed by atoms with Gasteiger partial charge in [-0.1, -0.05) is 50.7 Å². The highest BCUT2D eigenvalue weighted by atomic mass is 127. The van der Waals surface area contributed by atoms with E-state index < -0.39 is 0 Å². The first-order valence-electron chi connectivity index (χ1n) is 5.34. The minimum Gasteiger partial charge on any atom is -0.379 e. The summed E-state index contributed by atoms with van der Waals surface area (Å²) in [6.45, 7) is 1.57. The molecule has 88 valence electrons. The average molecular weight is 397 g/mol. The Kier molecular flexibility index (Phi) is 5.06. The Balaban J connectivity index is 2.03. The third kappa shape index (κ3) is 3.42. The van der Waals surface area contributed by atoms with Gasteiger partial charge >= 0.3 is 0 Å². The van der Waals surface area contributed by atoms with Crippen LogP contribution in [0.4, 0.5) is 0 Å². The van der Waals surface area contributed by atoms with Gasteiger partial charge < -0.3 is 9.47 Å². The summed E-state index contributed by atoms with van der Waals surface area (Å²) in [7, 11) is 0. The molecule has 1 fully saturated rings. The first-order valence-corrected chi connectivity index (χ1v) is 7.66. The Morgan fingerprint density at radius 1 is 1.56 bits per heavy atom. The van der Waals surface area contributed by atoms with Crippen LogP contribution in [0.2, 0.25) is 0 Å². The monoisotopic (exact) mass is 396 g/mol. The number of ether oxygens (including phenoxy) is 2. The van der Waals surface area contributed by atoms with Crippen LogP contribution in [0, 0.1) is 0 Å². The third-order valence-electron chi connectivity index (χ3n) is 2.61. The molecule has 0 spiro atoms. The van der Waals surface area contributed by atoms with Gasteiger partial charge in [0, 0.05) is 15.5 Å². The van der Waals surface area contributed by atoms with Crippen LogP contribution >= 0.6 is 38.5 Å². The molecule has 1 aromatic carbocycles. The molecular formula is C12H14BrIO2. The maximum absolute atomic E-state index is 6.05. The second kappa shape index (κ2) is 6.33. The molecule has 1 aliphatic heterocycles. The zero-order valence-electron chi connectivity index (χ0n) is 8.86. The summed E-state index contributed by atoms with van der Waals surface area (Å²) in [5, 5.41) is 0. The summed E-state index contributed by atoms with van der Waals surface area (Å²) in [6.07, 6.45) is 1.45. The standard InChI is InChI=1S/C12H14BrIO2/c13-10-3-1-2-9(6-10)12(7-14)16-11-4-5-15-8-11/h1-3,6,11-12H,4-5,7-8H2. The lowest BCUT2D eigenvalue weighted by atomic mass is 10.1. The Morgan fingerprint density at radius 3 is 3.06 bits per heavy atom. The van der Waals surface area contributed by atoms with E-state index >= 15 is 0 Å². The van der Waals surface area contributed by atoms with E-state index in [1.54, 1.807) is 0 Å². The zero-order valence-corrected chi connectivity index (χ0v) is 12.6. The lowest BCUT2D eigenvalue weighted by Crippen LogP contribution is -2.17. The molecule has 1 aromatic rings. The van der Waals surface area contributed by atoms with Crippen molar-refractivity contribution >= 4 is 38.5 Å². The van der Waals surface area contributed by atoms with E-state index in [1.165, 1.54) is 5.56 Å². The van der Waals surface area contributed by atoms with Gasteiger partial charge in [0.05, 0.1) is 18.8 Å². The second-order valence-electron chi connectivity index (χ2n) is 3.82. The Morgan fingerprint density at radius 2 is 2.44 bits per heavy atom. The van der Waals surface area contributed by atoms with E-state index in [0.717, 1.165) is 28.5 Å². The van der Waals surface area contributed by atoms with Gasteiger partial charge in [0.15, 0.2) is 0 Å². The van der Waals surface area contributed by atoms with E-state index in [9.17, 15) is 0 Å². The van der Waals surface area contributed by atoms with Gasteiger partial charge in [0.25, 0.3) is 0 Å². The smallest absolute Gasteiger partial charge is 0.0919 e. The Hall–Kier alpha value is 0.350. The molecule has 2 rings (SSSR count). The van der Waals surface area contributed by atoms with Gasteiger partial charge in [-0.2, -0.15) is 0 Å². The predicted molar refractivity (Wildman–Crippen MR) is 76.1 cm³/mol. The van der Waals surface area contributed by atoms with E-state index in [2.05, 4.69) is 50.7 Å². The van der Waals surface area contributed by atoms with Crippen molar-refractivity contribution < 1.29 is 9.47 Å². The maximum atomic E-state index is 6.05.